The maximum atomic E-state index is 12.5. The molecule has 6 heteroatoms. The SMILES string of the molecule is COCCN(C)CC(=O)N1CCC2(CC1)C[C@@H](c1ccccc1)C(=O)N2. The van der Waals surface area contributed by atoms with E-state index in [0.29, 0.717) is 26.2 Å². The molecule has 2 aliphatic heterocycles. The molecule has 0 unspecified atom stereocenters. The lowest BCUT2D eigenvalue weighted by Gasteiger charge is -2.39. The number of piperidine rings is 1. The third-order valence-electron chi connectivity index (χ3n) is 5.66. The number of nitrogens with one attached hydrogen (secondary N) is 1. The number of ether oxygens (including phenoxy) is 1. The van der Waals surface area contributed by atoms with E-state index < -0.39 is 0 Å². The number of methoxy groups -OCH3 is 1. The minimum absolute atomic E-state index is 0.0707. The molecule has 1 N–H and O–H groups in total. The predicted octanol–water partition coefficient (Wildman–Crippen LogP) is 1.23. The highest BCUT2D eigenvalue weighted by molar-refractivity contribution is 5.87. The van der Waals surface area contributed by atoms with Gasteiger partial charge in [-0.2, -0.15) is 0 Å². The van der Waals surface area contributed by atoms with Crippen molar-refractivity contribution in [3.8, 4) is 0 Å². The molecule has 2 saturated heterocycles. The third kappa shape index (κ3) is 4.24. The molecule has 0 aromatic heterocycles. The molecule has 1 atom stereocenters. The van der Waals surface area contributed by atoms with Gasteiger partial charge < -0.3 is 15.0 Å². The maximum Gasteiger partial charge on any atom is 0.236 e. The number of likely N-dealkylation sites (N-methyl/N-ethyl adjacent to an activating group) is 1. The van der Waals surface area contributed by atoms with Gasteiger partial charge in [-0.1, -0.05) is 30.3 Å². The smallest absolute Gasteiger partial charge is 0.236 e. The zero-order chi connectivity index (χ0) is 18.6. The van der Waals surface area contributed by atoms with Crippen molar-refractivity contribution in [3.05, 3.63) is 35.9 Å². The van der Waals surface area contributed by atoms with Crippen LogP contribution in [0, 0.1) is 0 Å². The highest BCUT2D eigenvalue weighted by atomic mass is 16.5. The largest absolute Gasteiger partial charge is 0.383 e. The molecule has 2 aliphatic rings. The second-order valence-corrected chi connectivity index (χ2v) is 7.55. The van der Waals surface area contributed by atoms with E-state index >= 15 is 0 Å². The fourth-order valence-corrected chi connectivity index (χ4v) is 4.01. The Kier molecular flexibility index (Phi) is 5.94. The van der Waals surface area contributed by atoms with Crippen LogP contribution in [0.15, 0.2) is 30.3 Å². The van der Waals surface area contributed by atoms with Crippen LogP contribution in [-0.2, 0) is 14.3 Å². The van der Waals surface area contributed by atoms with Crippen molar-refractivity contribution in [3.63, 3.8) is 0 Å². The Bertz CT molecular complexity index is 626. The average Bonchev–Trinajstić information content (AvgIpc) is 2.97. The highest BCUT2D eigenvalue weighted by Gasteiger charge is 2.46. The number of amides is 2. The Morgan fingerprint density at radius 3 is 2.65 bits per heavy atom. The molecule has 2 fully saturated rings. The fraction of sp³-hybridized carbons (Fsp3) is 0.600. The van der Waals surface area contributed by atoms with Gasteiger partial charge >= 0.3 is 0 Å². The molecule has 26 heavy (non-hydrogen) atoms. The summed E-state index contributed by atoms with van der Waals surface area (Å²) in [6, 6.07) is 9.99. The van der Waals surface area contributed by atoms with Gasteiger partial charge in [0.2, 0.25) is 11.8 Å². The summed E-state index contributed by atoms with van der Waals surface area (Å²) in [5.41, 5.74) is 0.927. The molecule has 0 saturated carbocycles. The summed E-state index contributed by atoms with van der Waals surface area (Å²) in [6.45, 7) is 3.20. The van der Waals surface area contributed by atoms with Gasteiger partial charge in [0.25, 0.3) is 0 Å². The molecule has 2 amide bonds. The van der Waals surface area contributed by atoms with Crippen LogP contribution < -0.4 is 5.32 Å². The molecule has 1 aromatic carbocycles. The summed E-state index contributed by atoms with van der Waals surface area (Å²) in [7, 11) is 3.60. The van der Waals surface area contributed by atoms with Crippen LogP contribution >= 0.6 is 0 Å². The molecule has 0 radical (unpaired) electrons. The van der Waals surface area contributed by atoms with Crippen molar-refractivity contribution >= 4 is 11.8 Å². The summed E-state index contributed by atoms with van der Waals surface area (Å²) in [4.78, 5) is 28.9. The summed E-state index contributed by atoms with van der Waals surface area (Å²) < 4.78 is 5.05. The van der Waals surface area contributed by atoms with Crippen LogP contribution in [0.4, 0.5) is 0 Å². The standard InChI is InChI=1S/C20H29N3O3/c1-22(12-13-26-2)15-18(24)23-10-8-20(9-11-23)14-17(19(25)21-20)16-6-4-3-5-7-16/h3-7,17H,8-15H2,1-2H3,(H,21,25)/t17-/m0/s1. The van der Waals surface area contributed by atoms with E-state index in [1.807, 2.05) is 47.2 Å². The van der Waals surface area contributed by atoms with E-state index in [1.54, 1.807) is 7.11 Å². The normalized spacial score (nSPS) is 22.0. The average molecular weight is 359 g/mol. The Balaban J connectivity index is 1.53. The lowest BCUT2D eigenvalue weighted by molar-refractivity contribution is -0.133. The van der Waals surface area contributed by atoms with Crippen LogP contribution in [-0.4, -0.2) is 74.1 Å². The van der Waals surface area contributed by atoms with Crippen molar-refractivity contribution in [2.45, 2.75) is 30.7 Å². The lowest BCUT2D eigenvalue weighted by Crippen LogP contribution is -2.53. The fourth-order valence-electron chi connectivity index (χ4n) is 4.01. The third-order valence-corrected chi connectivity index (χ3v) is 5.66. The van der Waals surface area contributed by atoms with Crippen molar-refractivity contribution in [1.82, 2.24) is 15.1 Å². The Labute approximate surface area is 155 Å². The Morgan fingerprint density at radius 2 is 2.00 bits per heavy atom. The lowest BCUT2D eigenvalue weighted by atomic mass is 9.82. The van der Waals surface area contributed by atoms with E-state index in [1.165, 1.54) is 0 Å². The molecule has 3 rings (SSSR count). The minimum Gasteiger partial charge on any atom is -0.383 e. The number of carbonyl (C=O) groups excluding carboxylic acids is 2. The van der Waals surface area contributed by atoms with Crippen LogP contribution in [0.2, 0.25) is 0 Å². The summed E-state index contributed by atoms with van der Waals surface area (Å²) >= 11 is 0. The zero-order valence-electron chi connectivity index (χ0n) is 15.7. The van der Waals surface area contributed by atoms with Crippen LogP contribution in [0.3, 0.4) is 0 Å². The van der Waals surface area contributed by atoms with E-state index in [9.17, 15) is 9.59 Å². The van der Waals surface area contributed by atoms with Crippen LogP contribution in [0.1, 0.15) is 30.7 Å². The number of carbonyl (C=O) groups is 2. The monoisotopic (exact) mass is 359 g/mol. The molecule has 0 aliphatic carbocycles. The number of hydrogen-bond donors (Lipinski definition) is 1. The topological polar surface area (TPSA) is 61.9 Å². The molecule has 1 spiro atoms. The number of rotatable bonds is 6. The number of nitrogens with zero attached hydrogens (tertiary/aromatic N) is 2. The quantitative estimate of drug-likeness (QED) is 0.830. The first-order valence-corrected chi connectivity index (χ1v) is 9.35. The first-order chi connectivity index (χ1) is 12.5. The number of likely N-dealkylation sites (tertiary alicyclic amines) is 1. The Hall–Kier alpha value is -1.92. The summed E-state index contributed by atoms with van der Waals surface area (Å²) in [6.07, 6.45) is 2.48. The second-order valence-electron chi connectivity index (χ2n) is 7.55. The van der Waals surface area contributed by atoms with Crippen molar-refractivity contribution in [2.75, 3.05) is 46.9 Å². The summed E-state index contributed by atoms with van der Waals surface area (Å²) in [5.74, 6) is 0.205. The molecule has 1 aromatic rings. The van der Waals surface area contributed by atoms with Crippen molar-refractivity contribution in [1.29, 1.82) is 0 Å². The number of benzene rings is 1. The molecular formula is C20H29N3O3. The minimum atomic E-state index is -0.156. The zero-order valence-corrected chi connectivity index (χ0v) is 15.7. The first kappa shape index (κ1) is 18.9. The first-order valence-electron chi connectivity index (χ1n) is 9.35. The maximum absolute atomic E-state index is 12.5. The molecule has 2 heterocycles. The van der Waals surface area contributed by atoms with Gasteiger partial charge in [0.1, 0.15) is 0 Å². The van der Waals surface area contributed by atoms with Gasteiger partial charge in [0.05, 0.1) is 19.1 Å². The molecule has 142 valence electrons. The van der Waals surface area contributed by atoms with Crippen LogP contribution in [0.25, 0.3) is 0 Å². The molecule has 0 bridgehead atoms. The van der Waals surface area contributed by atoms with E-state index in [2.05, 4.69) is 5.32 Å². The van der Waals surface area contributed by atoms with Gasteiger partial charge in [0, 0.05) is 32.3 Å². The summed E-state index contributed by atoms with van der Waals surface area (Å²) in [5, 5.41) is 3.24. The van der Waals surface area contributed by atoms with E-state index in [4.69, 9.17) is 4.74 Å². The van der Waals surface area contributed by atoms with E-state index in [-0.39, 0.29) is 23.3 Å². The predicted molar refractivity (Wildman–Crippen MR) is 99.9 cm³/mol. The van der Waals surface area contributed by atoms with E-state index in [0.717, 1.165) is 31.4 Å². The second kappa shape index (κ2) is 8.18. The highest BCUT2D eigenvalue weighted by Crippen LogP contribution is 2.39. The van der Waals surface area contributed by atoms with Gasteiger partial charge in [-0.05, 0) is 31.9 Å². The van der Waals surface area contributed by atoms with Gasteiger partial charge in [-0.3, -0.25) is 14.5 Å². The van der Waals surface area contributed by atoms with Crippen molar-refractivity contribution < 1.29 is 14.3 Å². The molecular weight excluding hydrogens is 330 g/mol. The Morgan fingerprint density at radius 1 is 1.31 bits per heavy atom. The van der Waals surface area contributed by atoms with Crippen molar-refractivity contribution in [2.24, 2.45) is 0 Å². The van der Waals surface area contributed by atoms with Gasteiger partial charge in [0.15, 0.2) is 0 Å². The van der Waals surface area contributed by atoms with Gasteiger partial charge in [-0.25, -0.2) is 0 Å². The molecule has 6 nitrogen and oxygen atoms in total. The van der Waals surface area contributed by atoms with Gasteiger partial charge in [-0.15, -0.1) is 0 Å². The van der Waals surface area contributed by atoms with Crippen LogP contribution in [0.5, 0.6) is 0 Å². The number of hydrogen-bond acceptors (Lipinski definition) is 4.